The lowest BCUT2D eigenvalue weighted by Gasteiger charge is -2.27. The van der Waals surface area contributed by atoms with Gasteiger partial charge >= 0.3 is 0 Å². The lowest BCUT2D eigenvalue weighted by molar-refractivity contribution is 0.102. The molecule has 35 heavy (non-hydrogen) atoms. The molecule has 0 unspecified atom stereocenters. The molecule has 0 aliphatic heterocycles. The molecule has 5 rings (SSSR count). The van der Waals surface area contributed by atoms with Crippen molar-refractivity contribution in [2.45, 2.75) is 37.8 Å². The third-order valence-electron chi connectivity index (χ3n) is 5.92. The number of nitrogens with zero attached hydrogens (tertiary/aromatic N) is 6. The lowest BCUT2D eigenvalue weighted by atomic mass is 9.92. The molecular weight excluding hydrogens is 444 g/mol. The molecular formula is C24H24N10O. The molecule has 1 aliphatic rings. The Kier molecular flexibility index (Phi) is 6.19. The van der Waals surface area contributed by atoms with E-state index in [9.17, 15) is 10.1 Å². The topological polar surface area (TPSA) is 159 Å². The van der Waals surface area contributed by atoms with Gasteiger partial charge in [-0.2, -0.15) is 5.26 Å². The molecule has 176 valence electrons. The van der Waals surface area contributed by atoms with Gasteiger partial charge < -0.3 is 21.7 Å². The summed E-state index contributed by atoms with van der Waals surface area (Å²) < 4.78 is 1.50. The minimum absolute atomic E-state index is 0.233. The van der Waals surface area contributed by atoms with E-state index in [4.69, 9.17) is 5.73 Å². The Hall–Kier alpha value is -4.56. The van der Waals surface area contributed by atoms with Gasteiger partial charge in [0.25, 0.3) is 5.91 Å². The average Bonchev–Trinajstić information content (AvgIpc) is 3.31. The van der Waals surface area contributed by atoms with Crippen LogP contribution in [0.1, 0.15) is 41.7 Å². The monoisotopic (exact) mass is 468 g/mol. The number of hydrogen-bond acceptors (Lipinski definition) is 9. The Morgan fingerprint density at radius 1 is 1.11 bits per heavy atom. The summed E-state index contributed by atoms with van der Waals surface area (Å²) in [6.45, 7) is 0. The highest BCUT2D eigenvalue weighted by molar-refractivity contribution is 6.03. The number of carbonyl (C=O) groups is 1. The lowest BCUT2D eigenvalue weighted by Crippen LogP contribution is -2.33. The summed E-state index contributed by atoms with van der Waals surface area (Å²) in [5.41, 5.74) is 8.68. The molecule has 3 heterocycles. The van der Waals surface area contributed by atoms with Gasteiger partial charge in [-0.25, -0.2) is 19.5 Å². The maximum Gasteiger partial charge on any atom is 0.277 e. The number of nitrogens with two attached hydrogens (primary N) is 1. The van der Waals surface area contributed by atoms with E-state index in [0.717, 1.165) is 31.4 Å². The van der Waals surface area contributed by atoms with Crippen molar-refractivity contribution in [1.82, 2.24) is 24.6 Å². The molecule has 1 saturated carbocycles. The van der Waals surface area contributed by atoms with Crippen molar-refractivity contribution in [3.05, 3.63) is 66.4 Å². The molecule has 5 N–H and O–H groups in total. The maximum atomic E-state index is 13.0. The van der Waals surface area contributed by atoms with E-state index < -0.39 is 5.91 Å². The van der Waals surface area contributed by atoms with Crippen molar-refractivity contribution in [3.8, 4) is 6.07 Å². The van der Waals surface area contributed by atoms with Gasteiger partial charge in [0, 0.05) is 30.0 Å². The van der Waals surface area contributed by atoms with Gasteiger partial charge in [-0.05, 0) is 49.9 Å². The largest absolute Gasteiger partial charge is 0.366 e. The first-order valence-electron chi connectivity index (χ1n) is 11.3. The zero-order valence-electron chi connectivity index (χ0n) is 18.8. The molecule has 4 aromatic rings. The smallest absolute Gasteiger partial charge is 0.277 e. The van der Waals surface area contributed by atoms with Crippen molar-refractivity contribution in [3.63, 3.8) is 0 Å². The number of anilines is 4. The second kappa shape index (κ2) is 9.74. The Bertz CT molecular complexity index is 1390. The number of benzene rings is 1. The van der Waals surface area contributed by atoms with Crippen LogP contribution >= 0.6 is 0 Å². The van der Waals surface area contributed by atoms with Gasteiger partial charge in [0.15, 0.2) is 11.3 Å². The zero-order valence-corrected chi connectivity index (χ0v) is 18.8. The molecule has 0 radical (unpaired) electrons. The molecule has 1 amide bonds. The predicted octanol–water partition coefficient (Wildman–Crippen LogP) is 3.07. The number of imidazole rings is 1. The number of hydrogen-bond donors (Lipinski definition) is 4. The van der Waals surface area contributed by atoms with E-state index in [1.54, 1.807) is 30.5 Å². The van der Waals surface area contributed by atoms with Crippen LogP contribution in [0.3, 0.4) is 0 Å². The average molecular weight is 469 g/mol. The van der Waals surface area contributed by atoms with Gasteiger partial charge in [-0.1, -0.05) is 6.07 Å². The normalized spacial score (nSPS) is 17.5. The minimum Gasteiger partial charge on any atom is -0.366 e. The number of amides is 1. The van der Waals surface area contributed by atoms with Crippen LogP contribution < -0.4 is 21.7 Å². The fourth-order valence-electron chi connectivity index (χ4n) is 4.13. The fraction of sp³-hybridized carbons (Fsp3) is 0.250. The summed E-state index contributed by atoms with van der Waals surface area (Å²) in [4.78, 5) is 25.4. The van der Waals surface area contributed by atoms with Crippen molar-refractivity contribution < 1.29 is 4.79 Å². The quantitative estimate of drug-likeness (QED) is 0.333. The summed E-state index contributed by atoms with van der Waals surface area (Å²) >= 11 is 0. The molecule has 11 heteroatoms. The predicted molar refractivity (Wildman–Crippen MR) is 131 cm³/mol. The second-order valence-electron chi connectivity index (χ2n) is 8.44. The van der Waals surface area contributed by atoms with E-state index in [1.807, 2.05) is 12.1 Å². The van der Waals surface area contributed by atoms with E-state index in [0.29, 0.717) is 28.5 Å². The summed E-state index contributed by atoms with van der Waals surface area (Å²) in [7, 11) is 0. The highest BCUT2D eigenvalue weighted by atomic mass is 16.2. The van der Waals surface area contributed by atoms with E-state index in [-0.39, 0.29) is 17.8 Å². The number of rotatable bonds is 6. The number of nitriles is 1. The van der Waals surface area contributed by atoms with Gasteiger partial charge in [0.1, 0.15) is 18.0 Å². The number of nitrogens with one attached hydrogen (secondary N) is 3. The van der Waals surface area contributed by atoms with Crippen LogP contribution in [0, 0.1) is 11.3 Å². The molecule has 3 aromatic heterocycles. The second-order valence-corrected chi connectivity index (χ2v) is 8.44. The first-order chi connectivity index (χ1) is 17.1. The first kappa shape index (κ1) is 22.2. The first-order valence-corrected chi connectivity index (χ1v) is 11.3. The van der Waals surface area contributed by atoms with Gasteiger partial charge in [-0.15, -0.1) is 5.10 Å². The van der Waals surface area contributed by atoms with Gasteiger partial charge in [-0.3, -0.25) is 4.79 Å². The maximum absolute atomic E-state index is 13.0. The summed E-state index contributed by atoms with van der Waals surface area (Å²) in [6, 6.07) is 13.2. The van der Waals surface area contributed by atoms with E-state index in [1.165, 1.54) is 17.0 Å². The summed E-state index contributed by atoms with van der Waals surface area (Å²) in [5.74, 6) is 0.576. The van der Waals surface area contributed by atoms with Gasteiger partial charge in [0.05, 0.1) is 23.5 Å². The van der Waals surface area contributed by atoms with E-state index in [2.05, 4.69) is 42.1 Å². The Balaban J connectivity index is 1.51. The molecule has 1 aromatic carbocycles. The van der Waals surface area contributed by atoms with Crippen molar-refractivity contribution in [1.29, 1.82) is 5.26 Å². The third kappa shape index (κ3) is 5.02. The Labute approximate surface area is 201 Å². The molecule has 1 aliphatic carbocycles. The number of fused-ring (bicyclic) bond motifs is 1. The highest BCUT2D eigenvalue weighted by Crippen LogP contribution is 2.27. The fourth-order valence-corrected chi connectivity index (χ4v) is 4.13. The number of aromatic nitrogens is 5. The minimum atomic E-state index is -0.401. The molecule has 0 saturated heterocycles. The molecule has 0 bridgehead atoms. The van der Waals surface area contributed by atoms with Crippen LogP contribution in [-0.2, 0) is 0 Å². The third-order valence-corrected chi connectivity index (χ3v) is 5.92. The zero-order chi connectivity index (χ0) is 24.2. The van der Waals surface area contributed by atoms with Crippen molar-refractivity contribution >= 4 is 34.6 Å². The summed E-state index contributed by atoms with van der Waals surface area (Å²) in [6.07, 6.45) is 8.16. The highest BCUT2D eigenvalue weighted by Gasteiger charge is 2.21. The van der Waals surface area contributed by atoms with Crippen LogP contribution in [0.15, 0.2) is 55.1 Å². The number of carbonyl (C=O) groups excluding carboxylic acids is 1. The van der Waals surface area contributed by atoms with Crippen LogP contribution in [0.5, 0.6) is 0 Å². The van der Waals surface area contributed by atoms with Gasteiger partial charge in [0.2, 0.25) is 0 Å². The summed E-state index contributed by atoms with van der Waals surface area (Å²) in [5, 5.41) is 23.5. The SMILES string of the molecule is N#Cc1cccc(Nc2cc(NC3CCC(N)CC3)nn3c(C(=O)Nc4ccncn4)cnc23)c1. The standard InChI is InChI=1S/C24H24N10O/c25-12-15-2-1-3-18(10-15)30-19-11-22(31-17-6-4-16(26)5-7-17)33-34-20(13-28-23(19)34)24(35)32-21-8-9-27-14-29-21/h1-3,8-11,13-14,16-17,30H,4-7,26H2,(H,31,33)(H,27,29,32,35). The van der Waals surface area contributed by atoms with Crippen LogP contribution in [0.25, 0.3) is 5.65 Å². The molecule has 0 atom stereocenters. The molecule has 11 nitrogen and oxygen atoms in total. The van der Waals surface area contributed by atoms with E-state index >= 15 is 0 Å². The Morgan fingerprint density at radius 3 is 2.74 bits per heavy atom. The van der Waals surface area contributed by atoms with Crippen LogP contribution in [0.4, 0.5) is 23.0 Å². The van der Waals surface area contributed by atoms with Crippen molar-refractivity contribution in [2.24, 2.45) is 5.73 Å². The molecule has 1 fully saturated rings. The molecule has 0 spiro atoms. The van der Waals surface area contributed by atoms with Crippen molar-refractivity contribution in [2.75, 3.05) is 16.0 Å². The Morgan fingerprint density at radius 2 is 1.97 bits per heavy atom. The van der Waals surface area contributed by atoms with Crippen LogP contribution in [-0.4, -0.2) is 42.6 Å². The van der Waals surface area contributed by atoms with Crippen LogP contribution in [0.2, 0.25) is 0 Å².